The predicted octanol–water partition coefficient (Wildman–Crippen LogP) is 3.39. The van der Waals surface area contributed by atoms with E-state index < -0.39 is 13.0 Å². The summed E-state index contributed by atoms with van der Waals surface area (Å²) in [5.41, 5.74) is 1.05. The Labute approximate surface area is 101 Å². The maximum absolute atomic E-state index is 12.0. The van der Waals surface area contributed by atoms with Gasteiger partial charge >= 0.3 is 0 Å². The molecule has 4 heteroatoms. The molecule has 0 saturated carbocycles. The van der Waals surface area contributed by atoms with Gasteiger partial charge in [0.2, 0.25) is 0 Å². The van der Waals surface area contributed by atoms with Crippen LogP contribution in [0, 0.1) is 0 Å². The SMILES string of the molecule is CCCNC(C)c1cccc(OCC(F)F)c1. The van der Waals surface area contributed by atoms with Crippen LogP contribution in [0.5, 0.6) is 5.75 Å². The zero-order chi connectivity index (χ0) is 12.7. The molecule has 2 nitrogen and oxygen atoms in total. The third kappa shape index (κ3) is 5.13. The second kappa shape index (κ2) is 7.22. The minimum atomic E-state index is -2.44. The van der Waals surface area contributed by atoms with Crippen molar-refractivity contribution >= 4 is 0 Å². The van der Waals surface area contributed by atoms with Crippen LogP contribution in [0.3, 0.4) is 0 Å². The van der Waals surface area contributed by atoms with Crippen LogP contribution >= 0.6 is 0 Å². The molecule has 0 aliphatic carbocycles. The van der Waals surface area contributed by atoms with Gasteiger partial charge in [0, 0.05) is 6.04 Å². The summed E-state index contributed by atoms with van der Waals surface area (Å²) in [6.45, 7) is 4.52. The summed E-state index contributed by atoms with van der Waals surface area (Å²) in [7, 11) is 0. The Hall–Kier alpha value is -1.16. The summed E-state index contributed by atoms with van der Waals surface area (Å²) in [4.78, 5) is 0. The monoisotopic (exact) mass is 243 g/mol. The highest BCUT2D eigenvalue weighted by molar-refractivity contribution is 5.30. The molecular weight excluding hydrogens is 224 g/mol. The number of rotatable bonds is 7. The van der Waals surface area contributed by atoms with Gasteiger partial charge in [-0.05, 0) is 37.6 Å². The van der Waals surface area contributed by atoms with Crippen molar-refractivity contribution in [1.29, 1.82) is 0 Å². The Kier molecular flexibility index (Phi) is 5.91. The summed E-state index contributed by atoms with van der Waals surface area (Å²) < 4.78 is 29.0. The lowest BCUT2D eigenvalue weighted by molar-refractivity contribution is 0.0818. The molecule has 1 aromatic carbocycles. The van der Waals surface area contributed by atoms with E-state index in [1.807, 2.05) is 19.1 Å². The Morgan fingerprint density at radius 3 is 2.76 bits per heavy atom. The normalized spacial score (nSPS) is 12.8. The first kappa shape index (κ1) is 13.9. The number of alkyl halides is 2. The molecule has 0 aromatic heterocycles. The fraction of sp³-hybridized carbons (Fsp3) is 0.538. The molecular formula is C13H19F2NO. The van der Waals surface area contributed by atoms with Crippen LogP contribution in [0.4, 0.5) is 8.78 Å². The topological polar surface area (TPSA) is 21.3 Å². The molecule has 0 heterocycles. The van der Waals surface area contributed by atoms with E-state index in [0.717, 1.165) is 18.5 Å². The molecule has 1 atom stereocenters. The highest BCUT2D eigenvalue weighted by atomic mass is 19.3. The van der Waals surface area contributed by atoms with Crippen molar-refractivity contribution in [2.75, 3.05) is 13.2 Å². The van der Waals surface area contributed by atoms with Gasteiger partial charge in [-0.15, -0.1) is 0 Å². The Morgan fingerprint density at radius 2 is 2.12 bits per heavy atom. The zero-order valence-electron chi connectivity index (χ0n) is 10.2. The average molecular weight is 243 g/mol. The number of hydrogen-bond acceptors (Lipinski definition) is 2. The third-order valence-electron chi connectivity index (χ3n) is 2.43. The molecule has 1 unspecified atom stereocenters. The van der Waals surface area contributed by atoms with Gasteiger partial charge in [-0.3, -0.25) is 0 Å². The van der Waals surface area contributed by atoms with Gasteiger partial charge in [0.15, 0.2) is 0 Å². The van der Waals surface area contributed by atoms with E-state index in [0.29, 0.717) is 5.75 Å². The summed E-state index contributed by atoms with van der Waals surface area (Å²) in [6, 6.07) is 7.47. The van der Waals surface area contributed by atoms with Crippen molar-refractivity contribution in [3.63, 3.8) is 0 Å². The summed E-state index contributed by atoms with van der Waals surface area (Å²) in [6.07, 6.45) is -1.37. The number of halogens is 2. The first-order chi connectivity index (χ1) is 8.13. The average Bonchev–Trinajstić information content (AvgIpc) is 2.33. The summed E-state index contributed by atoms with van der Waals surface area (Å²) in [5.74, 6) is 0.493. The maximum Gasteiger partial charge on any atom is 0.272 e. The van der Waals surface area contributed by atoms with E-state index in [9.17, 15) is 8.78 Å². The molecule has 1 rings (SSSR count). The van der Waals surface area contributed by atoms with E-state index in [4.69, 9.17) is 4.74 Å². The Balaban J connectivity index is 2.58. The zero-order valence-corrected chi connectivity index (χ0v) is 10.2. The van der Waals surface area contributed by atoms with Gasteiger partial charge in [0.25, 0.3) is 6.43 Å². The predicted molar refractivity (Wildman–Crippen MR) is 64.6 cm³/mol. The highest BCUT2D eigenvalue weighted by Gasteiger charge is 2.07. The van der Waals surface area contributed by atoms with Crippen LogP contribution in [0.25, 0.3) is 0 Å². The van der Waals surface area contributed by atoms with Crippen molar-refractivity contribution in [1.82, 2.24) is 5.32 Å². The number of ether oxygens (including phenoxy) is 1. The Bertz CT molecular complexity index is 331. The van der Waals surface area contributed by atoms with E-state index in [1.54, 1.807) is 12.1 Å². The molecule has 0 aliphatic heterocycles. The number of benzene rings is 1. The van der Waals surface area contributed by atoms with Gasteiger partial charge in [0.1, 0.15) is 12.4 Å². The van der Waals surface area contributed by atoms with Crippen LogP contribution in [0.15, 0.2) is 24.3 Å². The van der Waals surface area contributed by atoms with Gasteiger partial charge < -0.3 is 10.1 Å². The molecule has 0 amide bonds. The van der Waals surface area contributed by atoms with Crippen LogP contribution < -0.4 is 10.1 Å². The van der Waals surface area contributed by atoms with Gasteiger partial charge in [0.05, 0.1) is 0 Å². The van der Waals surface area contributed by atoms with Crippen LogP contribution in [0.2, 0.25) is 0 Å². The van der Waals surface area contributed by atoms with Crippen LogP contribution in [0.1, 0.15) is 31.9 Å². The first-order valence-corrected chi connectivity index (χ1v) is 5.87. The largest absolute Gasteiger partial charge is 0.488 e. The molecule has 0 aliphatic rings. The quantitative estimate of drug-likeness (QED) is 0.792. The van der Waals surface area contributed by atoms with Crippen molar-refractivity contribution in [3.05, 3.63) is 29.8 Å². The molecule has 96 valence electrons. The summed E-state index contributed by atoms with van der Waals surface area (Å²) in [5, 5.41) is 3.34. The molecule has 0 radical (unpaired) electrons. The number of hydrogen-bond donors (Lipinski definition) is 1. The lowest BCUT2D eigenvalue weighted by Gasteiger charge is -2.15. The number of nitrogens with one attached hydrogen (secondary N) is 1. The molecule has 17 heavy (non-hydrogen) atoms. The minimum absolute atomic E-state index is 0.199. The molecule has 1 aromatic rings. The van der Waals surface area contributed by atoms with Crippen molar-refractivity contribution in [2.45, 2.75) is 32.7 Å². The van der Waals surface area contributed by atoms with E-state index in [-0.39, 0.29) is 6.04 Å². The Morgan fingerprint density at radius 1 is 1.35 bits per heavy atom. The van der Waals surface area contributed by atoms with Crippen molar-refractivity contribution < 1.29 is 13.5 Å². The fourth-order valence-electron chi connectivity index (χ4n) is 1.51. The lowest BCUT2D eigenvalue weighted by atomic mass is 10.1. The van der Waals surface area contributed by atoms with Crippen molar-refractivity contribution in [2.24, 2.45) is 0 Å². The van der Waals surface area contributed by atoms with Gasteiger partial charge in [-0.2, -0.15) is 0 Å². The minimum Gasteiger partial charge on any atom is -0.488 e. The first-order valence-electron chi connectivity index (χ1n) is 5.87. The smallest absolute Gasteiger partial charge is 0.272 e. The highest BCUT2D eigenvalue weighted by Crippen LogP contribution is 2.19. The van der Waals surface area contributed by atoms with E-state index >= 15 is 0 Å². The molecule has 0 bridgehead atoms. The standard InChI is InChI=1S/C13H19F2NO/c1-3-7-16-10(2)11-5-4-6-12(8-11)17-9-13(14)15/h4-6,8,10,13,16H,3,7,9H2,1-2H3. The second-order valence-electron chi connectivity index (χ2n) is 3.95. The van der Waals surface area contributed by atoms with Crippen molar-refractivity contribution in [3.8, 4) is 5.75 Å². The second-order valence-corrected chi connectivity index (χ2v) is 3.95. The van der Waals surface area contributed by atoms with Gasteiger partial charge in [-0.1, -0.05) is 19.1 Å². The van der Waals surface area contributed by atoms with Gasteiger partial charge in [-0.25, -0.2) is 8.78 Å². The van der Waals surface area contributed by atoms with E-state index in [2.05, 4.69) is 12.2 Å². The molecule has 1 N–H and O–H groups in total. The molecule has 0 saturated heterocycles. The molecule has 0 spiro atoms. The third-order valence-corrected chi connectivity index (χ3v) is 2.43. The maximum atomic E-state index is 12.0. The van der Waals surface area contributed by atoms with Crippen LogP contribution in [-0.4, -0.2) is 19.6 Å². The lowest BCUT2D eigenvalue weighted by Crippen LogP contribution is -2.19. The molecule has 0 fully saturated rings. The van der Waals surface area contributed by atoms with E-state index in [1.165, 1.54) is 0 Å². The van der Waals surface area contributed by atoms with Crippen LogP contribution in [-0.2, 0) is 0 Å². The fourth-order valence-corrected chi connectivity index (χ4v) is 1.51. The summed E-state index contributed by atoms with van der Waals surface area (Å²) >= 11 is 0.